The number of aryl methyl sites for hydroxylation is 1. The quantitative estimate of drug-likeness (QED) is 0.851. The number of aliphatic carboxylic acids is 1. The first-order chi connectivity index (χ1) is 7.64. The molecule has 0 heterocycles. The van der Waals surface area contributed by atoms with E-state index in [0.717, 1.165) is 5.56 Å². The highest BCUT2D eigenvalue weighted by molar-refractivity contribution is 5.74. The third-order valence-electron chi connectivity index (χ3n) is 2.98. The van der Waals surface area contributed by atoms with E-state index in [-0.39, 0.29) is 11.2 Å². The summed E-state index contributed by atoms with van der Waals surface area (Å²) in [6.45, 7) is 9.31. The van der Waals surface area contributed by atoms with E-state index in [1.54, 1.807) is 26.0 Å². The molecule has 17 heavy (non-hydrogen) atoms. The zero-order valence-corrected chi connectivity index (χ0v) is 11.0. The van der Waals surface area contributed by atoms with Crippen molar-refractivity contribution in [2.24, 2.45) is 0 Å². The van der Waals surface area contributed by atoms with Gasteiger partial charge in [0.15, 0.2) is 0 Å². The Bertz CT molecular complexity index is 442. The molecule has 0 aliphatic heterocycles. The Hall–Kier alpha value is -1.51. The summed E-state index contributed by atoms with van der Waals surface area (Å²) < 4.78 is 0. The molecule has 0 aliphatic carbocycles. The van der Waals surface area contributed by atoms with E-state index < -0.39 is 11.9 Å². The van der Waals surface area contributed by atoms with Crippen LogP contribution in [0.2, 0.25) is 0 Å². The fourth-order valence-electron chi connectivity index (χ4n) is 1.77. The van der Waals surface area contributed by atoms with Crippen molar-refractivity contribution in [1.82, 2.24) is 0 Å². The minimum absolute atomic E-state index is 0.226. The Balaban J connectivity index is 3.39. The number of phenols is 1. The van der Waals surface area contributed by atoms with Crippen LogP contribution < -0.4 is 5.11 Å². The number of carboxylic acid groups (broad SMARTS) is 1. The van der Waals surface area contributed by atoms with Crippen LogP contribution in [-0.4, -0.2) is 11.1 Å². The van der Waals surface area contributed by atoms with E-state index >= 15 is 0 Å². The Morgan fingerprint density at radius 1 is 1.35 bits per heavy atom. The predicted octanol–water partition coefficient (Wildman–Crippen LogP) is 1.85. The highest BCUT2D eigenvalue weighted by Crippen LogP contribution is 2.35. The van der Waals surface area contributed by atoms with Gasteiger partial charge in [0.25, 0.3) is 0 Å². The summed E-state index contributed by atoms with van der Waals surface area (Å²) in [6.07, 6.45) is 0. The normalized spacial score (nSPS) is 13.5. The van der Waals surface area contributed by atoms with E-state index in [1.165, 1.54) is 0 Å². The summed E-state index contributed by atoms with van der Waals surface area (Å²) in [6, 6.07) is 3.45. The third-order valence-corrected chi connectivity index (χ3v) is 2.98. The largest absolute Gasteiger partial charge is 0.550 e. The first-order valence-electron chi connectivity index (χ1n) is 5.69. The molecule has 0 aromatic heterocycles. The molecule has 3 heteroatoms. The van der Waals surface area contributed by atoms with Gasteiger partial charge >= 0.3 is 0 Å². The zero-order valence-electron chi connectivity index (χ0n) is 11.0. The maximum absolute atomic E-state index is 10.9. The molecule has 1 unspecified atom stereocenters. The molecule has 1 N–H and O–H groups in total. The van der Waals surface area contributed by atoms with Crippen LogP contribution >= 0.6 is 0 Å². The van der Waals surface area contributed by atoms with Gasteiger partial charge in [-0.2, -0.15) is 0 Å². The average molecular weight is 235 g/mol. The van der Waals surface area contributed by atoms with Crippen molar-refractivity contribution in [3.05, 3.63) is 28.8 Å². The molecule has 1 aromatic carbocycles. The van der Waals surface area contributed by atoms with Crippen LogP contribution in [0.25, 0.3) is 0 Å². The van der Waals surface area contributed by atoms with Crippen molar-refractivity contribution in [1.29, 1.82) is 0 Å². The van der Waals surface area contributed by atoms with E-state index in [0.29, 0.717) is 11.1 Å². The number of hydrogen-bond donors (Lipinski definition) is 1. The maximum atomic E-state index is 10.9. The maximum Gasteiger partial charge on any atom is 0.122 e. The molecule has 1 aromatic rings. The van der Waals surface area contributed by atoms with E-state index in [9.17, 15) is 15.0 Å². The molecule has 0 aliphatic rings. The highest BCUT2D eigenvalue weighted by Gasteiger charge is 2.21. The lowest BCUT2D eigenvalue weighted by atomic mass is 9.82. The lowest BCUT2D eigenvalue weighted by Crippen LogP contribution is -2.28. The second-order valence-electron chi connectivity index (χ2n) is 5.52. The molecule has 0 bridgehead atoms. The van der Waals surface area contributed by atoms with Gasteiger partial charge in [-0.25, -0.2) is 0 Å². The second-order valence-corrected chi connectivity index (χ2v) is 5.52. The number of rotatable bonds is 2. The predicted molar refractivity (Wildman–Crippen MR) is 65.0 cm³/mol. The van der Waals surface area contributed by atoms with Crippen molar-refractivity contribution in [3.8, 4) is 5.75 Å². The van der Waals surface area contributed by atoms with Gasteiger partial charge in [-0.15, -0.1) is 0 Å². The Morgan fingerprint density at radius 2 is 1.88 bits per heavy atom. The smallest absolute Gasteiger partial charge is 0.122 e. The number of carbonyl (C=O) groups is 1. The van der Waals surface area contributed by atoms with Gasteiger partial charge in [-0.1, -0.05) is 39.8 Å². The van der Waals surface area contributed by atoms with Crippen LogP contribution in [0.1, 0.15) is 50.3 Å². The zero-order chi connectivity index (χ0) is 13.4. The van der Waals surface area contributed by atoms with Gasteiger partial charge in [-0.3, -0.25) is 0 Å². The fraction of sp³-hybridized carbons (Fsp3) is 0.500. The SMILES string of the molecule is Cc1cc(C(C)C(=O)[O-])cc(C(C)(C)C)c1O. The van der Waals surface area contributed by atoms with Crippen LogP contribution in [0.4, 0.5) is 0 Å². The number of aromatic hydroxyl groups is 1. The van der Waals surface area contributed by atoms with E-state index in [4.69, 9.17) is 0 Å². The summed E-state index contributed by atoms with van der Waals surface area (Å²) in [5.74, 6) is -1.53. The van der Waals surface area contributed by atoms with E-state index in [2.05, 4.69) is 0 Å². The highest BCUT2D eigenvalue weighted by atomic mass is 16.4. The molecule has 3 nitrogen and oxygen atoms in total. The van der Waals surface area contributed by atoms with Gasteiger partial charge in [0.1, 0.15) is 5.75 Å². The molecular formula is C14H19O3-. The first kappa shape index (κ1) is 13.6. The molecule has 0 saturated heterocycles. The van der Waals surface area contributed by atoms with Crippen LogP contribution in [0.3, 0.4) is 0 Å². The average Bonchev–Trinajstić information content (AvgIpc) is 2.18. The minimum atomic E-state index is -1.10. The molecule has 0 radical (unpaired) electrons. The van der Waals surface area contributed by atoms with Crippen LogP contribution in [0, 0.1) is 6.92 Å². The standard InChI is InChI=1S/C14H20O3/c1-8-6-10(9(2)13(16)17)7-11(12(8)15)14(3,4)5/h6-7,9,15H,1-5H3,(H,16,17)/p-1. The molecule has 0 spiro atoms. The Labute approximate surface area is 102 Å². The summed E-state index contributed by atoms with van der Waals surface area (Å²) in [5, 5.41) is 20.9. The monoisotopic (exact) mass is 235 g/mol. The summed E-state index contributed by atoms with van der Waals surface area (Å²) >= 11 is 0. The summed E-state index contributed by atoms with van der Waals surface area (Å²) in [4.78, 5) is 10.9. The molecule has 94 valence electrons. The van der Waals surface area contributed by atoms with Gasteiger partial charge in [0.2, 0.25) is 0 Å². The van der Waals surface area contributed by atoms with Gasteiger partial charge in [-0.05, 0) is 29.0 Å². The molecule has 1 atom stereocenters. The van der Waals surface area contributed by atoms with Gasteiger partial charge in [0.05, 0.1) is 0 Å². The molecule has 1 rings (SSSR count). The molecule has 0 amide bonds. The molecular weight excluding hydrogens is 216 g/mol. The molecule has 0 fully saturated rings. The topological polar surface area (TPSA) is 60.4 Å². The molecule has 0 saturated carbocycles. The van der Waals surface area contributed by atoms with Crippen molar-refractivity contribution in [2.75, 3.05) is 0 Å². The number of benzene rings is 1. The number of carbonyl (C=O) groups excluding carboxylic acids is 1. The van der Waals surface area contributed by atoms with Gasteiger partial charge < -0.3 is 15.0 Å². The second kappa shape index (κ2) is 4.40. The van der Waals surface area contributed by atoms with Crippen LogP contribution in [-0.2, 0) is 10.2 Å². The lowest BCUT2D eigenvalue weighted by molar-refractivity contribution is -0.307. The number of hydrogen-bond acceptors (Lipinski definition) is 3. The van der Waals surface area contributed by atoms with Crippen molar-refractivity contribution in [2.45, 2.75) is 46.0 Å². The first-order valence-corrected chi connectivity index (χ1v) is 5.69. The van der Waals surface area contributed by atoms with Crippen molar-refractivity contribution < 1.29 is 15.0 Å². The minimum Gasteiger partial charge on any atom is -0.550 e. The number of carboxylic acids is 1. The van der Waals surface area contributed by atoms with Crippen LogP contribution in [0.15, 0.2) is 12.1 Å². The Kier molecular flexibility index (Phi) is 3.51. The number of phenolic OH excluding ortho intramolecular Hbond substituents is 1. The fourth-order valence-corrected chi connectivity index (χ4v) is 1.77. The van der Waals surface area contributed by atoms with Gasteiger partial charge in [0, 0.05) is 11.9 Å². The third kappa shape index (κ3) is 2.78. The Morgan fingerprint density at radius 3 is 2.29 bits per heavy atom. The van der Waals surface area contributed by atoms with Crippen molar-refractivity contribution in [3.63, 3.8) is 0 Å². The van der Waals surface area contributed by atoms with Crippen LogP contribution in [0.5, 0.6) is 5.75 Å². The summed E-state index contributed by atoms with van der Waals surface area (Å²) in [7, 11) is 0. The summed E-state index contributed by atoms with van der Waals surface area (Å²) in [5.41, 5.74) is 1.91. The lowest BCUT2D eigenvalue weighted by Gasteiger charge is -2.24. The van der Waals surface area contributed by atoms with Crippen molar-refractivity contribution >= 4 is 5.97 Å². The van der Waals surface area contributed by atoms with E-state index in [1.807, 2.05) is 20.8 Å².